The summed E-state index contributed by atoms with van der Waals surface area (Å²) < 4.78 is 0. The number of nitrogens with zero attached hydrogens (tertiary/aromatic N) is 1. The van der Waals surface area contributed by atoms with Gasteiger partial charge in [-0.2, -0.15) is 0 Å². The lowest BCUT2D eigenvalue weighted by Gasteiger charge is -2.19. The van der Waals surface area contributed by atoms with Crippen LogP contribution >= 0.6 is 0 Å². The standard InChI is InChI=1S/C31H49NO7/c1-6-10-13-15-17-24(9-4)27(31(38)39)20-19-23(5)28(33)32(21-25(29(34)35)16-12-8-3)22-26(30(36)37)18-14-11-7-2/h20-22,24H,5-19H2,1-4H3,(H,34,35)(H,36,37)(H,38,39). The third-order valence-corrected chi connectivity index (χ3v) is 6.68. The lowest BCUT2D eigenvalue weighted by Crippen LogP contribution is -2.25. The van der Waals surface area contributed by atoms with Crippen LogP contribution in [0.5, 0.6) is 0 Å². The first kappa shape index (κ1) is 35.8. The number of hydrogen-bond donors (Lipinski definition) is 3. The van der Waals surface area contributed by atoms with Crippen molar-refractivity contribution < 1.29 is 34.5 Å². The van der Waals surface area contributed by atoms with Crippen molar-refractivity contribution in [3.8, 4) is 0 Å². The molecule has 0 spiro atoms. The molecule has 0 heterocycles. The van der Waals surface area contributed by atoms with Crippen molar-refractivity contribution in [2.75, 3.05) is 0 Å². The Labute approximate surface area is 234 Å². The molecule has 0 aliphatic heterocycles. The van der Waals surface area contributed by atoms with E-state index in [-0.39, 0.29) is 47.5 Å². The molecular formula is C31H49NO7. The summed E-state index contributed by atoms with van der Waals surface area (Å²) in [5, 5.41) is 29.2. The largest absolute Gasteiger partial charge is 0.478 e. The van der Waals surface area contributed by atoms with Crippen molar-refractivity contribution in [1.82, 2.24) is 4.90 Å². The molecule has 0 aliphatic carbocycles. The van der Waals surface area contributed by atoms with E-state index >= 15 is 0 Å². The Bertz CT molecular complexity index is 914. The molecule has 1 atom stereocenters. The van der Waals surface area contributed by atoms with Gasteiger partial charge < -0.3 is 15.3 Å². The average Bonchev–Trinajstić information content (AvgIpc) is 2.89. The van der Waals surface area contributed by atoms with Gasteiger partial charge in [-0.1, -0.05) is 85.3 Å². The molecule has 220 valence electrons. The number of carboxylic acids is 3. The number of aliphatic carboxylic acids is 3. The third-order valence-electron chi connectivity index (χ3n) is 6.68. The third kappa shape index (κ3) is 14.5. The van der Waals surface area contributed by atoms with E-state index in [0.717, 1.165) is 56.3 Å². The molecule has 1 amide bonds. The molecule has 1 unspecified atom stereocenters. The highest BCUT2D eigenvalue weighted by atomic mass is 16.4. The minimum absolute atomic E-state index is 0.0130. The monoisotopic (exact) mass is 547 g/mol. The van der Waals surface area contributed by atoms with Gasteiger partial charge in [0.25, 0.3) is 5.91 Å². The molecule has 8 heteroatoms. The quantitative estimate of drug-likeness (QED) is 0.0945. The van der Waals surface area contributed by atoms with Gasteiger partial charge in [0, 0.05) is 23.5 Å². The van der Waals surface area contributed by atoms with Crippen LogP contribution in [0.25, 0.3) is 0 Å². The first-order chi connectivity index (χ1) is 18.5. The maximum Gasteiger partial charge on any atom is 0.333 e. The van der Waals surface area contributed by atoms with Crippen molar-refractivity contribution in [2.45, 2.75) is 118 Å². The van der Waals surface area contributed by atoms with Crippen LogP contribution in [0.1, 0.15) is 118 Å². The van der Waals surface area contributed by atoms with Crippen LogP contribution in [0.4, 0.5) is 0 Å². The summed E-state index contributed by atoms with van der Waals surface area (Å²) in [5.74, 6) is -4.23. The fraction of sp³-hybridized carbons (Fsp3) is 0.613. The average molecular weight is 548 g/mol. The van der Waals surface area contributed by atoms with E-state index in [1.807, 2.05) is 20.8 Å². The van der Waals surface area contributed by atoms with Gasteiger partial charge in [-0.15, -0.1) is 0 Å². The summed E-state index contributed by atoms with van der Waals surface area (Å²) in [4.78, 5) is 50.2. The molecule has 0 saturated heterocycles. The Morgan fingerprint density at radius 1 is 0.718 bits per heavy atom. The number of allylic oxidation sites excluding steroid dienone is 1. The van der Waals surface area contributed by atoms with E-state index in [1.54, 1.807) is 0 Å². The maximum absolute atomic E-state index is 13.4. The Morgan fingerprint density at radius 2 is 1.23 bits per heavy atom. The number of hydrogen-bond acceptors (Lipinski definition) is 4. The molecule has 0 aliphatic rings. The minimum Gasteiger partial charge on any atom is -0.478 e. The van der Waals surface area contributed by atoms with Crippen molar-refractivity contribution in [2.24, 2.45) is 5.92 Å². The van der Waals surface area contributed by atoms with Crippen molar-refractivity contribution in [1.29, 1.82) is 0 Å². The SMILES string of the molecule is C=C(CC=C(C(=O)O)C(CC)CCCCCC)C(=O)N(C=C(CCCC)C(=O)O)C=C(CCCCC)C(=O)O. The summed E-state index contributed by atoms with van der Waals surface area (Å²) >= 11 is 0. The summed E-state index contributed by atoms with van der Waals surface area (Å²) in [6.45, 7) is 11.8. The summed E-state index contributed by atoms with van der Waals surface area (Å²) in [7, 11) is 0. The number of unbranched alkanes of at least 4 members (excludes halogenated alkanes) is 6. The second-order valence-corrected chi connectivity index (χ2v) is 9.92. The lowest BCUT2D eigenvalue weighted by molar-refractivity contribution is -0.134. The Morgan fingerprint density at radius 3 is 1.69 bits per heavy atom. The Balaban J connectivity index is 6.18. The molecule has 8 nitrogen and oxygen atoms in total. The van der Waals surface area contributed by atoms with Gasteiger partial charge >= 0.3 is 17.9 Å². The van der Waals surface area contributed by atoms with E-state index in [1.165, 1.54) is 18.5 Å². The predicted octanol–water partition coefficient (Wildman–Crippen LogP) is 7.48. The normalized spacial score (nSPS) is 13.2. The van der Waals surface area contributed by atoms with Crippen LogP contribution < -0.4 is 0 Å². The van der Waals surface area contributed by atoms with Crippen molar-refractivity contribution >= 4 is 23.8 Å². The fourth-order valence-electron chi connectivity index (χ4n) is 4.21. The van der Waals surface area contributed by atoms with Crippen LogP contribution in [0, 0.1) is 5.92 Å². The molecule has 0 radical (unpaired) electrons. The highest BCUT2D eigenvalue weighted by Crippen LogP contribution is 2.25. The van der Waals surface area contributed by atoms with Gasteiger partial charge in [0.1, 0.15) is 0 Å². The first-order valence-electron chi connectivity index (χ1n) is 14.3. The van der Waals surface area contributed by atoms with Crippen LogP contribution in [0.15, 0.2) is 47.3 Å². The van der Waals surface area contributed by atoms with Crippen molar-refractivity contribution in [3.63, 3.8) is 0 Å². The van der Waals surface area contributed by atoms with Gasteiger partial charge in [-0.25, -0.2) is 14.4 Å². The van der Waals surface area contributed by atoms with Crippen LogP contribution in [0.3, 0.4) is 0 Å². The molecule has 3 N–H and O–H groups in total. The summed E-state index contributed by atoms with van der Waals surface area (Å²) in [6, 6.07) is 0. The van der Waals surface area contributed by atoms with Gasteiger partial charge in [0.05, 0.1) is 11.1 Å². The van der Waals surface area contributed by atoms with Crippen LogP contribution in [-0.4, -0.2) is 44.0 Å². The molecule has 0 fully saturated rings. The van der Waals surface area contributed by atoms with E-state index in [9.17, 15) is 34.5 Å². The Hall–Kier alpha value is -3.16. The van der Waals surface area contributed by atoms with Gasteiger partial charge in [-0.05, 0) is 50.9 Å². The molecular weight excluding hydrogens is 498 g/mol. The fourth-order valence-corrected chi connectivity index (χ4v) is 4.21. The molecule has 39 heavy (non-hydrogen) atoms. The number of carboxylic acid groups (broad SMARTS) is 3. The molecule has 0 rings (SSSR count). The van der Waals surface area contributed by atoms with Crippen molar-refractivity contribution in [3.05, 3.63) is 47.3 Å². The minimum atomic E-state index is -1.19. The van der Waals surface area contributed by atoms with E-state index < -0.39 is 23.8 Å². The zero-order valence-electron chi connectivity index (χ0n) is 24.3. The highest BCUT2D eigenvalue weighted by Gasteiger charge is 2.22. The second kappa shape index (κ2) is 20.8. The zero-order chi connectivity index (χ0) is 29.8. The molecule has 0 saturated carbocycles. The van der Waals surface area contributed by atoms with Crippen LogP contribution in [-0.2, 0) is 19.2 Å². The smallest absolute Gasteiger partial charge is 0.333 e. The van der Waals surface area contributed by atoms with Gasteiger partial charge in [0.15, 0.2) is 0 Å². The number of carbonyl (C=O) groups is 4. The topological polar surface area (TPSA) is 132 Å². The molecule has 0 bridgehead atoms. The molecule has 0 aromatic rings. The van der Waals surface area contributed by atoms with E-state index in [2.05, 4.69) is 13.5 Å². The number of carbonyl (C=O) groups excluding carboxylic acids is 1. The first-order valence-corrected chi connectivity index (χ1v) is 14.3. The number of rotatable bonds is 22. The van der Waals surface area contributed by atoms with Gasteiger partial charge in [0.2, 0.25) is 0 Å². The molecule has 0 aromatic heterocycles. The second-order valence-electron chi connectivity index (χ2n) is 9.92. The van der Waals surface area contributed by atoms with E-state index in [4.69, 9.17) is 0 Å². The zero-order valence-corrected chi connectivity index (χ0v) is 24.3. The number of amides is 1. The molecule has 0 aromatic carbocycles. The highest BCUT2D eigenvalue weighted by molar-refractivity contribution is 5.97. The van der Waals surface area contributed by atoms with Crippen LogP contribution in [0.2, 0.25) is 0 Å². The summed E-state index contributed by atoms with van der Waals surface area (Å²) in [6.07, 6.45) is 13.4. The predicted molar refractivity (Wildman–Crippen MR) is 154 cm³/mol. The van der Waals surface area contributed by atoms with Gasteiger partial charge in [-0.3, -0.25) is 9.69 Å². The summed E-state index contributed by atoms with van der Waals surface area (Å²) in [5.41, 5.74) is 0.245. The lowest BCUT2D eigenvalue weighted by atomic mass is 9.89. The Kier molecular flexibility index (Phi) is 19.1. The maximum atomic E-state index is 13.4. The van der Waals surface area contributed by atoms with E-state index in [0.29, 0.717) is 19.3 Å².